The number of carbonyl (C=O) groups excluding carboxylic acids is 1. The van der Waals surface area contributed by atoms with Gasteiger partial charge in [-0.3, -0.25) is 4.79 Å². The summed E-state index contributed by atoms with van der Waals surface area (Å²) in [6.07, 6.45) is 1.53. The molecule has 156 valence electrons. The fourth-order valence-corrected chi connectivity index (χ4v) is 3.77. The summed E-state index contributed by atoms with van der Waals surface area (Å²) in [5.74, 6) is 1.51. The lowest BCUT2D eigenvalue weighted by Crippen LogP contribution is -2.49. The smallest absolute Gasteiger partial charge is 0.253 e. The van der Waals surface area contributed by atoms with Gasteiger partial charge in [0.05, 0.1) is 12.8 Å². The van der Waals surface area contributed by atoms with Crippen LogP contribution in [0.5, 0.6) is 5.75 Å². The quantitative estimate of drug-likeness (QED) is 0.505. The molecule has 5 rings (SSSR count). The number of aromatic nitrogens is 5. The molecular weight excluding hydrogens is 394 g/mol. The topological polar surface area (TPSA) is 89.3 Å². The molecule has 0 spiro atoms. The van der Waals surface area contributed by atoms with Crippen LogP contribution >= 0.6 is 0 Å². The number of ether oxygens (including phenoxy) is 1. The number of hydrogen-bond acceptors (Lipinski definition) is 7. The van der Waals surface area contributed by atoms with Crippen LogP contribution in [0.1, 0.15) is 10.4 Å². The van der Waals surface area contributed by atoms with Crippen LogP contribution in [0.4, 0.5) is 5.82 Å². The average molecular weight is 415 g/mol. The van der Waals surface area contributed by atoms with Gasteiger partial charge < -0.3 is 14.5 Å². The van der Waals surface area contributed by atoms with Gasteiger partial charge in [-0.05, 0) is 24.3 Å². The van der Waals surface area contributed by atoms with Crippen LogP contribution in [0.3, 0.4) is 0 Å². The van der Waals surface area contributed by atoms with Crippen LogP contribution in [0.2, 0.25) is 0 Å². The lowest BCUT2D eigenvalue weighted by atomic mass is 10.2. The number of rotatable bonds is 4. The van der Waals surface area contributed by atoms with Crippen molar-refractivity contribution < 1.29 is 9.53 Å². The summed E-state index contributed by atoms with van der Waals surface area (Å²) < 4.78 is 6.99. The Labute approximate surface area is 178 Å². The summed E-state index contributed by atoms with van der Waals surface area (Å²) in [7, 11) is 1.63. The summed E-state index contributed by atoms with van der Waals surface area (Å²) >= 11 is 0. The van der Waals surface area contributed by atoms with E-state index < -0.39 is 0 Å². The molecule has 9 heteroatoms. The highest BCUT2D eigenvalue weighted by atomic mass is 16.5. The molecule has 0 atom stereocenters. The van der Waals surface area contributed by atoms with Gasteiger partial charge in [-0.15, -0.1) is 5.10 Å². The van der Waals surface area contributed by atoms with E-state index in [1.54, 1.807) is 11.8 Å². The van der Waals surface area contributed by atoms with Crippen molar-refractivity contribution in [2.75, 3.05) is 38.2 Å². The predicted molar refractivity (Wildman–Crippen MR) is 116 cm³/mol. The highest BCUT2D eigenvalue weighted by Crippen LogP contribution is 2.25. The fraction of sp³-hybridized carbons (Fsp3) is 0.227. The van der Waals surface area contributed by atoms with Gasteiger partial charge in [-0.2, -0.15) is 4.68 Å². The molecule has 3 heterocycles. The number of fused-ring (bicyclic) bond motifs is 1. The highest BCUT2D eigenvalue weighted by Gasteiger charge is 2.25. The van der Waals surface area contributed by atoms with E-state index in [0.717, 1.165) is 17.3 Å². The normalized spacial score (nSPS) is 14.1. The van der Waals surface area contributed by atoms with Crippen molar-refractivity contribution in [3.8, 4) is 11.4 Å². The highest BCUT2D eigenvalue weighted by molar-refractivity contribution is 5.94. The Balaban J connectivity index is 1.38. The SMILES string of the molecule is COc1cccc(-n2nnc3c(N4CCN(C(=O)c5ccccc5)CC4)ncnc32)c1. The van der Waals surface area contributed by atoms with Crippen molar-refractivity contribution in [1.29, 1.82) is 0 Å². The zero-order valence-electron chi connectivity index (χ0n) is 17.0. The minimum atomic E-state index is 0.0528. The minimum absolute atomic E-state index is 0.0528. The molecule has 1 amide bonds. The molecule has 0 bridgehead atoms. The Morgan fingerprint density at radius 3 is 2.55 bits per heavy atom. The first-order valence-corrected chi connectivity index (χ1v) is 10.0. The molecule has 0 radical (unpaired) electrons. The number of carbonyl (C=O) groups is 1. The molecule has 0 saturated carbocycles. The monoisotopic (exact) mass is 415 g/mol. The van der Waals surface area contributed by atoms with Gasteiger partial charge in [0.2, 0.25) is 0 Å². The number of benzene rings is 2. The lowest BCUT2D eigenvalue weighted by molar-refractivity contribution is 0.0746. The van der Waals surface area contributed by atoms with Gasteiger partial charge in [-0.25, -0.2) is 9.97 Å². The summed E-state index contributed by atoms with van der Waals surface area (Å²) in [4.78, 5) is 25.6. The van der Waals surface area contributed by atoms with Crippen LogP contribution in [-0.2, 0) is 0 Å². The van der Waals surface area contributed by atoms with Crippen molar-refractivity contribution in [3.63, 3.8) is 0 Å². The molecule has 1 fully saturated rings. The van der Waals surface area contributed by atoms with E-state index in [4.69, 9.17) is 4.74 Å². The van der Waals surface area contributed by atoms with E-state index in [9.17, 15) is 4.79 Å². The zero-order chi connectivity index (χ0) is 21.2. The Bertz CT molecular complexity index is 1220. The molecule has 1 aliphatic rings. The zero-order valence-corrected chi connectivity index (χ0v) is 17.0. The molecule has 1 aliphatic heterocycles. The van der Waals surface area contributed by atoms with Gasteiger partial charge in [-0.1, -0.05) is 29.5 Å². The second-order valence-electron chi connectivity index (χ2n) is 7.22. The maximum atomic E-state index is 12.7. The van der Waals surface area contributed by atoms with Crippen LogP contribution in [0, 0.1) is 0 Å². The van der Waals surface area contributed by atoms with Crippen LogP contribution < -0.4 is 9.64 Å². The molecule has 1 saturated heterocycles. The first-order chi connectivity index (χ1) is 15.2. The second kappa shape index (κ2) is 8.02. The van der Waals surface area contributed by atoms with E-state index in [2.05, 4.69) is 25.2 Å². The standard InChI is InChI=1S/C22H21N7O2/c1-31-18-9-5-8-17(14-18)29-21-19(25-26-29)20(23-15-24-21)27-10-12-28(13-11-27)22(30)16-6-3-2-4-7-16/h2-9,14-15H,10-13H2,1H3. The van der Waals surface area contributed by atoms with Gasteiger partial charge in [0.1, 0.15) is 12.1 Å². The molecule has 0 unspecified atom stereocenters. The predicted octanol–water partition coefficient (Wildman–Crippen LogP) is 2.18. The maximum Gasteiger partial charge on any atom is 0.253 e. The first kappa shape index (κ1) is 19.0. The van der Waals surface area contributed by atoms with Gasteiger partial charge in [0, 0.05) is 37.8 Å². The van der Waals surface area contributed by atoms with E-state index >= 15 is 0 Å². The minimum Gasteiger partial charge on any atom is -0.497 e. The second-order valence-corrected chi connectivity index (χ2v) is 7.22. The number of anilines is 1. The van der Waals surface area contributed by atoms with Crippen molar-refractivity contribution in [2.24, 2.45) is 0 Å². The maximum absolute atomic E-state index is 12.7. The number of piperazine rings is 1. The Morgan fingerprint density at radius 1 is 0.968 bits per heavy atom. The fourth-order valence-electron chi connectivity index (χ4n) is 3.77. The van der Waals surface area contributed by atoms with Crippen molar-refractivity contribution in [1.82, 2.24) is 29.9 Å². The molecule has 2 aromatic heterocycles. The lowest BCUT2D eigenvalue weighted by Gasteiger charge is -2.35. The third-order valence-corrected chi connectivity index (χ3v) is 5.40. The average Bonchev–Trinajstić information content (AvgIpc) is 3.29. The molecule has 9 nitrogen and oxygen atoms in total. The van der Waals surface area contributed by atoms with Crippen molar-refractivity contribution in [2.45, 2.75) is 0 Å². The first-order valence-electron chi connectivity index (χ1n) is 10.0. The van der Waals surface area contributed by atoms with Crippen LogP contribution in [0.25, 0.3) is 16.9 Å². The van der Waals surface area contributed by atoms with Crippen molar-refractivity contribution in [3.05, 3.63) is 66.5 Å². The number of methoxy groups -OCH3 is 1. The van der Waals surface area contributed by atoms with Crippen LogP contribution in [0.15, 0.2) is 60.9 Å². The third kappa shape index (κ3) is 3.54. The van der Waals surface area contributed by atoms with Crippen molar-refractivity contribution >= 4 is 22.9 Å². The van der Waals surface area contributed by atoms with Gasteiger partial charge in [0.15, 0.2) is 17.0 Å². The van der Waals surface area contributed by atoms with Gasteiger partial charge >= 0.3 is 0 Å². The number of nitrogens with zero attached hydrogens (tertiary/aromatic N) is 7. The summed E-state index contributed by atoms with van der Waals surface area (Å²) in [6.45, 7) is 2.56. The molecule has 0 N–H and O–H groups in total. The van der Waals surface area contributed by atoms with Gasteiger partial charge in [0.25, 0.3) is 5.91 Å². The van der Waals surface area contributed by atoms with E-state index in [-0.39, 0.29) is 5.91 Å². The number of amides is 1. The molecule has 0 aliphatic carbocycles. The Hall–Kier alpha value is -4.01. The molecule has 4 aromatic rings. The van der Waals surface area contributed by atoms with Crippen LogP contribution in [-0.4, -0.2) is 69.1 Å². The Morgan fingerprint density at radius 2 is 1.77 bits per heavy atom. The van der Waals surface area contributed by atoms with E-state index in [1.165, 1.54) is 6.33 Å². The summed E-state index contributed by atoms with van der Waals surface area (Å²) in [5, 5.41) is 8.65. The molecule has 31 heavy (non-hydrogen) atoms. The van der Waals surface area contributed by atoms with E-state index in [1.807, 2.05) is 59.5 Å². The van der Waals surface area contributed by atoms with E-state index in [0.29, 0.717) is 42.9 Å². The summed E-state index contributed by atoms with van der Waals surface area (Å²) in [6, 6.07) is 16.9. The molecule has 2 aromatic carbocycles. The molecular formula is C22H21N7O2. The largest absolute Gasteiger partial charge is 0.497 e. The Kier molecular flexibility index (Phi) is 4.91. The summed E-state index contributed by atoms with van der Waals surface area (Å²) in [5.41, 5.74) is 2.78. The number of hydrogen-bond donors (Lipinski definition) is 0. The third-order valence-electron chi connectivity index (χ3n) is 5.40.